The van der Waals surface area contributed by atoms with Gasteiger partial charge < -0.3 is 0 Å². The molecule has 0 bridgehead atoms. The van der Waals surface area contributed by atoms with E-state index in [-0.39, 0.29) is 37.7 Å². The van der Waals surface area contributed by atoms with Gasteiger partial charge in [0.2, 0.25) is 0 Å². The molecule has 0 N–H and O–H groups in total. The Hall–Kier alpha value is 0.180. The molecule has 0 saturated carbocycles. The van der Waals surface area contributed by atoms with Gasteiger partial charge in [-0.15, -0.1) is 11.1 Å². The van der Waals surface area contributed by atoms with Crippen LogP contribution in [0.25, 0.3) is 11.1 Å². The summed E-state index contributed by atoms with van der Waals surface area (Å²) in [7, 11) is 0. The van der Waals surface area contributed by atoms with Crippen molar-refractivity contribution in [3.05, 3.63) is 58.1 Å². The van der Waals surface area contributed by atoms with E-state index < -0.39 is 0 Å². The van der Waals surface area contributed by atoms with E-state index >= 15 is 0 Å². The summed E-state index contributed by atoms with van der Waals surface area (Å²) in [5.74, 6) is 0. The van der Waals surface area contributed by atoms with Crippen molar-refractivity contribution in [2.24, 2.45) is 0 Å². The zero-order valence-corrected chi connectivity index (χ0v) is 12.1. The Kier molecular flexibility index (Phi) is 4.12. The molecule has 0 amide bonds. The number of aryl methyl sites for hydroxylation is 2. The second kappa shape index (κ2) is 5.22. The van der Waals surface area contributed by atoms with Crippen LogP contribution in [0.3, 0.4) is 0 Å². The van der Waals surface area contributed by atoms with Gasteiger partial charge in [0.25, 0.3) is 0 Å². The van der Waals surface area contributed by atoms with Crippen LogP contribution in [-0.2, 0) is 12.8 Å². The fourth-order valence-corrected chi connectivity index (χ4v) is 2.64. The molecule has 2 aromatic rings. The van der Waals surface area contributed by atoms with Crippen LogP contribution in [0.4, 0.5) is 0 Å². The van der Waals surface area contributed by atoms with E-state index in [1.54, 1.807) is 0 Å². The zero-order valence-electron chi connectivity index (χ0n) is 8.56. The Morgan fingerprint density at radius 3 is 2.62 bits per heavy atom. The molecule has 0 spiro atoms. The maximum absolute atomic E-state index is 3.52. The van der Waals surface area contributed by atoms with Gasteiger partial charge in [0.1, 0.15) is 0 Å². The monoisotopic (exact) mass is 422 g/mol. The first-order valence-electron chi connectivity index (χ1n) is 5.12. The van der Waals surface area contributed by atoms with Crippen LogP contribution < -0.4 is 0 Å². The summed E-state index contributed by atoms with van der Waals surface area (Å²) in [6.07, 6.45) is 2.27. The number of halogens is 1. The maximum atomic E-state index is 3.52. The van der Waals surface area contributed by atoms with E-state index in [1.807, 2.05) is 6.07 Å². The summed E-state index contributed by atoms with van der Waals surface area (Å²) >= 11 is 3.52. The smallest absolute Gasteiger partial charge is 0.0178 e. The molecule has 85 valence electrons. The summed E-state index contributed by atoms with van der Waals surface area (Å²) < 4.78 is 1.17. The Balaban J connectivity index is 0.000000963. The second-order valence-electron chi connectivity index (χ2n) is 3.88. The zero-order chi connectivity index (χ0) is 10.3. The summed E-state index contributed by atoms with van der Waals surface area (Å²) in [4.78, 5) is 0. The first kappa shape index (κ1) is 12.6. The summed E-state index contributed by atoms with van der Waals surface area (Å²) in [6, 6.07) is 16.0. The second-order valence-corrected chi connectivity index (χ2v) is 4.80. The Morgan fingerprint density at radius 2 is 1.75 bits per heavy atom. The summed E-state index contributed by atoms with van der Waals surface area (Å²) in [5.41, 5.74) is 5.63. The van der Waals surface area contributed by atoms with Crippen molar-refractivity contribution in [3.63, 3.8) is 0 Å². The van der Waals surface area contributed by atoms with Gasteiger partial charge in [0, 0.05) is 42.2 Å². The van der Waals surface area contributed by atoms with E-state index in [0.29, 0.717) is 0 Å². The predicted octanol–water partition coefficient (Wildman–Crippen LogP) is 4.01. The minimum absolute atomic E-state index is 0. The molecule has 3 rings (SSSR count). The maximum Gasteiger partial charge on any atom is 0.0178 e. The Bertz CT molecular complexity index is 520. The quantitative estimate of drug-likeness (QED) is 0.444. The van der Waals surface area contributed by atoms with E-state index in [4.69, 9.17) is 0 Å². The van der Waals surface area contributed by atoms with Gasteiger partial charge in [0.05, 0.1) is 0 Å². The molecule has 0 heterocycles. The molecule has 16 heavy (non-hydrogen) atoms. The van der Waals surface area contributed by atoms with E-state index in [1.165, 1.54) is 26.7 Å². The molecule has 1 aliphatic carbocycles. The molecule has 0 saturated heterocycles. The topological polar surface area (TPSA) is 0 Å². The van der Waals surface area contributed by atoms with E-state index in [0.717, 1.165) is 12.8 Å². The standard InChI is InChI=1S/C14H10Br.Ho/c15-12-7-8-14-11(9-12)6-5-10-3-1-2-4-13(10)14;/h2-4,7-9H,5-6H2;/q-1;. The fourth-order valence-electron chi connectivity index (χ4n) is 2.24. The number of benzene rings is 2. The molecule has 1 aliphatic rings. The molecule has 0 aromatic heterocycles. The summed E-state index contributed by atoms with van der Waals surface area (Å²) in [6.45, 7) is 0. The van der Waals surface area contributed by atoms with Gasteiger partial charge in [-0.05, 0) is 29.7 Å². The molecular weight excluding hydrogens is 413 g/mol. The van der Waals surface area contributed by atoms with Crippen molar-refractivity contribution in [3.8, 4) is 11.1 Å². The third-order valence-electron chi connectivity index (χ3n) is 2.97. The molecule has 0 fully saturated rings. The molecule has 1 radical (unpaired) electrons. The van der Waals surface area contributed by atoms with Gasteiger partial charge in [-0.1, -0.05) is 28.4 Å². The van der Waals surface area contributed by atoms with Gasteiger partial charge >= 0.3 is 0 Å². The van der Waals surface area contributed by atoms with Gasteiger partial charge in [-0.25, -0.2) is 0 Å². The third kappa shape index (κ3) is 2.24. The molecule has 0 unspecified atom stereocenters. The summed E-state index contributed by atoms with van der Waals surface area (Å²) in [5, 5.41) is 0. The molecule has 0 nitrogen and oxygen atoms in total. The molecule has 2 heteroatoms. The van der Waals surface area contributed by atoms with Crippen LogP contribution in [0.15, 0.2) is 40.9 Å². The molecular formula is C14H10BrHo-. The van der Waals surface area contributed by atoms with Crippen LogP contribution in [0.2, 0.25) is 0 Å². The minimum atomic E-state index is 0. The van der Waals surface area contributed by atoms with Crippen molar-refractivity contribution in [1.82, 2.24) is 0 Å². The van der Waals surface area contributed by atoms with Crippen LogP contribution in [0, 0.1) is 43.8 Å². The van der Waals surface area contributed by atoms with Crippen LogP contribution in [0.5, 0.6) is 0 Å². The number of hydrogen-bond donors (Lipinski definition) is 0. The van der Waals surface area contributed by atoms with Crippen molar-refractivity contribution in [1.29, 1.82) is 0 Å². The normalized spacial score (nSPS) is 12.3. The fraction of sp³-hybridized carbons (Fsp3) is 0.143. The first-order valence-corrected chi connectivity index (χ1v) is 5.92. The molecule has 0 aliphatic heterocycles. The molecule has 2 aromatic carbocycles. The van der Waals surface area contributed by atoms with Gasteiger partial charge in [-0.2, -0.15) is 24.3 Å². The Labute approximate surface area is 134 Å². The average Bonchev–Trinajstić information content (AvgIpc) is 2.28. The van der Waals surface area contributed by atoms with E-state index in [2.05, 4.69) is 52.3 Å². The van der Waals surface area contributed by atoms with Crippen LogP contribution in [-0.4, -0.2) is 0 Å². The van der Waals surface area contributed by atoms with Crippen LogP contribution in [0.1, 0.15) is 11.1 Å². The van der Waals surface area contributed by atoms with Crippen LogP contribution >= 0.6 is 15.9 Å². The largest absolute Gasteiger partial charge is 0.184 e. The number of rotatable bonds is 0. The number of fused-ring (bicyclic) bond motifs is 3. The van der Waals surface area contributed by atoms with Gasteiger partial charge in [-0.3, -0.25) is 0 Å². The van der Waals surface area contributed by atoms with Crippen molar-refractivity contribution in [2.45, 2.75) is 12.8 Å². The SMILES string of the molecule is Brc1ccc2c(c1)CCc1c[c-]ccc1-2.[Ho]. The number of hydrogen-bond acceptors (Lipinski definition) is 0. The predicted molar refractivity (Wildman–Crippen MR) is 65.8 cm³/mol. The van der Waals surface area contributed by atoms with Crippen molar-refractivity contribution >= 4 is 15.9 Å². The van der Waals surface area contributed by atoms with Gasteiger partial charge in [0.15, 0.2) is 0 Å². The average molecular weight is 423 g/mol. The van der Waals surface area contributed by atoms with E-state index in [9.17, 15) is 0 Å². The third-order valence-corrected chi connectivity index (χ3v) is 3.46. The first-order chi connectivity index (χ1) is 7.34. The van der Waals surface area contributed by atoms with Crippen molar-refractivity contribution in [2.75, 3.05) is 0 Å². The molecule has 0 atom stereocenters. The minimum Gasteiger partial charge on any atom is -0.184 e. The van der Waals surface area contributed by atoms with Crippen molar-refractivity contribution < 1.29 is 37.7 Å². The Morgan fingerprint density at radius 1 is 1.00 bits per heavy atom.